The lowest BCUT2D eigenvalue weighted by atomic mass is 10.4. The number of hydrogen-bond donors (Lipinski definition) is 4. The van der Waals surface area contributed by atoms with Gasteiger partial charge in [0.1, 0.15) is 0 Å². The third-order valence-corrected chi connectivity index (χ3v) is 4.07. The molecule has 1 aliphatic rings. The van der Waals surface area contributed by atoms with Crippen LogP contribution in [-0.2, 0) is 20.2 Å². The van der Waals surface area contributed by atoms with E-state index in [-0.39, 0.29) is 13.1 Å². The van der Waals surface area contributed by atoms with Crippen LogP contribution in [0.2, 0.25) is 0 Å². The first-order valence-corrected chi connectivity index (χ1v) is 6.63. The van der Waals surface area contributed by atoms with Gasteiger partial charge in [0, 0.05) is 13.1 Å². The molecule has 2 unspecified atom stereocenters. The predicted octanol–water partition coefficient (Wildman–Crippen LogP) is -2.39. The van der Waals surface area contributed by atoms with Crippen LogP contribution in [0.25, 0.3) is 0 Å². The maximum Gasteiger partial charge on any atom is 0.283 e. The Kier molecular flexibility index (Phi) is 3.13. The van der Waals surface area contributed by atoms with Crippen LogP contribution in [0.4, 0.5) is 0 Å². The summed E-state index contributed by atoms with van der Waals surface area (Å²) in [4.78, 5) is 0. The zero-order valence-electron chi connectivity index (χ0n) is 6.91. The van der Waals surface area contributed by atoms with E-state index in [4.69, 9.17) is 9.11 Å². The van der Waals surface area contributed by atoms with E-state index < -0.39 is 31.0 Å². The predicted molar refractivity (Wildman–Crippen MR) is 46.7 cm³/mol. The van der Waals surface area contributed by atoms with E-state index in [1.165, 1.54) is 0 Å². The molecule has 0 aliphatic carbocycles. The largest absolute Gasteiger partial charge is 0.296 e. The van der Waals surface area contributed by atoms with Crippen LogP contribution in [0.15, 0.2) is 0 Å². The summed E-state index contributed by atoms with van der Waals surface area (Å²) in [6, 6.07) is 0. The fourth-order valence-corrected chi connectivity index (χ4v) is 3.48. The van der Waals surface area contributed by atoms with Crippen molar-refractivity contribution in [3.05, 3.63) is 0 Å². The molecule has 0 bridgehead atoms. The standard InChI is InChI=1S/C4H10N2O6S2/c7-13(8,9)3-4(14(10,11)12)6-2-1-5-3/h3-6H,1-2H2,(H,7,8,9)(H,10,11,12). The molecule has 1 fully saturated rings. The summed E-state index contributed by atoms with van der Waals surface area (Å²) in [5.41, 5.74) is 0. The first-order valence-electron chi connectivity index (χ1n) is 3.62. The summed E-state index contributed by atoms with van der Waals surface area (Å²) in [6.45, 7) is 0.354. The van der Waals surface area contributed by atoms with Crippen LogP contribution < -0.4 is 10.6 Å². The average Bonchev–Trinajstić information content (AvgIpc) is 2.01. The number of rotatable bonds is 2. The Hall–Kier alpha value is -0.260. The minimum absolute atomic E-state index is 0.177. The summed E-state index contributed by atoms with van der Waals surface area (Å²) < 4.78 is 60.2. The number of hydrogen-bond acceptors (Lipinski definition) is 6. The Balaban J connectivity index is 3.03. The third kappa shape index (κ3) is 2.62. The molecule has 0 aromatic heterocycles. The van der Waals surface area contributed by atoms with E-state index >= 15 is 0 Å². The van der Waals surface area contributed by atoms with Crippen LogP contribution >= 0.6 is 0 Å². The van der Waals surface area contributed by atoms with E-state index in [1.54, 1.807) is 0 Å². The van der Waals surface area contributed by atoms with Crippen LogP contribution in [0, 0.1) is 0 Å². The second-order valence-corrected chi connectivity index (χ2v) is 5.86. The van der Waals surface area contributed by atoms with Gasteiger partial charge in [-0.3, -0.25) is 19.7 Å². The first-order chi connectivity index (χ1) is 6.23. The third-order valence-electron chi connectivity index (χ3n) is 1.73. The second-order valence-electron chi connectivity index (χ2n) is 2.78. The molecule has 0 amide bonds. The normalized spacial score (nSPS) is 30.1. The van der Waals surface area contributed by atoms with Crippen molar-refractivity contribution < 1.29 is 25.9 Å². The molecule has 0 saturated carbocycles. The number of piperazine rings is 1. The van der Waals surface area contributed by atoms with Gasteiger partial charge < -0.3 is 0 Å². The first kappa shape index (κ1) is 11.8. The highest BCUT2D eigenvalue weighted by molar-refractivity contribution is 7.90. The molecule has 2 atom stereocenters. The SMILES string of the molecule is O=S(=O)(O)C1NCCNC1S(=O)(=O)O. The molecule has 0 spiro atoms. The molecule has 1 aliphatic heterocycles. The van der Waals surface area contributed by atoms with E-state index in [9.17, 15) is 16.8 Å². The average molecular weight is 246 g/mol. The van der Waals surface area contributed by atoms with E-state index in [0.29, 0.717) is 0 Å². The molecular formula is C4H10N2O6S2. The molecule has 0 aromatic rings. The zero-order valence-corrected chi connectivity index (χ0v) is 8.55. The van der Waals surface area contributed by atoms with Gasteiger partial charge in [0.25, 0.3) is 20.2 Å². The summed E-state index contributed by atoms with van der Waals surface area (Å²) in [7, 11) is -9.14. The van der Waals surface area contributed by atoms with Crippen molar-refractivity contribution in [1.29, 1.82) is 0 Å². The minimum Gasteiger partial charge on any atom is -0.296 e. The smallest absolute Gasteiger partial charge is 0.283 e. The molecule has 1 saturated heterocycles. The van der Waals surface area contributed by atoms with Crippen LogP contribution in [0.5, 0.6) is 0 Å². The highest BCUT2D eigenvalue weighted by Crippen LogP contribution is 2.09. The topological polar surface area (TPSA) is 133 Å². The van der Waals surface area contributed by atoms with Gasteiger partial charge in [0.15, 0.2) is 10.7 Å². The molecule has 10 heteroatoms. The van der Waals surface area contributed by atoms with Crippen molar-refractivity contribution >= 4 is 20.2 Å². The van der Waals surface area contributed by atoms with Crippen molar-refractivity contribution in [2.24, 2.45) is 0 Å². The van der Waals surface area contributed by atoms with Crippen molar-refractivity contribution in [2.45, 2.75) is 10.7 Å². The Bertz CT molecular complexity index is 360. The van der Waals surface area contributed by atoms with Gasteiger partial charge in [0.05, 0.1) is 0 Å². The summed E-state index contributed by atoms with van der Waals surface area (Å²) in [6.07, 6.45) is 0. The van der Waals surface area contributed by atoms with Crippen molar-refractivity contribution in [3.63, 3.8) is 0 Å². The molecule has 8 nitrogen and oxygen atoms in total. The van der Waals surface area contributed by atoms with Gasteiger partial charge in [-0.2, -0.15) is 16.8 Å². The van der Waals surface area contributed by atoms with E-state index in [0.717, 1.165) is 0 Å². The van der Waals surface area contributed by atoms with Gasteiger partial charge >= 0.3 is 0 Å². The van der Waals surface area contributed by atoms with Gasteiger partial charge in [-0.05, 0) is 0 Å². The maximum absolute atomic E-state index is 10.7. The van der Waals surface area contributed by atoms with E-state index in [1.807, 2.05) is 0 Å². The van der Waals surface area contributed by atoms with Crippen molar-refractivity contribution in [1.82, 2.24) is 10.6 Å². The molecule has 0 radical (unpaired) electrons. The van der Waals surface area contributed by atoms with E-state index in [2.05, 4.69) is 10.6 Å². The molecule has 1 heterocycles. The highest BCUT2D eigenvalue weighted by atomic mass is 32.2. The van der Waals surface area contributed by atoms with Gasteiger partial charge in [-0.15, -0.1) is 0 Å². The van der Waals surface area contributed by atoms with Crippen molar-refractivity contribution in [3.8, 4) is 0 Å². The summed E-state index contributed by atoms with van der Waals surface area (Å²) >= 11 is 0. The fraction of sp³-hybridized carbons (Fsp3) is 1.00. The summed E-state index contributed by atoms with van der Waals surface area (Å²) in [5, 5.41) is 1.06. The van der Waals surface area contributed by atoms with Crippen molar-refractivity contribution in [2.75, 3.05) is 13.1 Å². The van der Waals surface area contributed by atoms with Crippen LogP contribution in [-0.4, -0.2) is 49.8 Å². The Morgan fingerprint density at radius 3 is 1.36 bits per heavy atom. The molecule has 14 heavy (non-hydrogen) atoms. The zero-order chi connectivity index (χ0) is 11.0. The lowest BCUT2D eigenvalue weighted by Gasteiger charge is -2.28. The highest BCUT2D eigenvalue weighted by Gasteiger charge is 2.41. The van der Waals surface area contributed by atoms with Crippen LogP contribution in [0.3, 0.4) is 0 Å². The molecular weight excluding hydrogens is 236 g/mol. The maximum atomic E-state index is 10.7. The lowest BCUT2D eigenvalue weighted by Crippen LogP contribution is -2.61. The van der Waals surface area contributed by atoms with Crippen LogP contribution in [0.1, 0.15) is 0 Å². The Morgan fingerprint density at radius 1 is 0.857 bits per heavy atom. The quantitative estimate of drug-likeness (QED) is 0.396. The van der Waals surface area contributed by atoms with Gasteiger partial charge in [0.2, 0.25) is 0 Å². The summed E-state index contributed by atoms with van der Waals surface area (Å²) in [5.74, 6) is 0. The van der Waals surface area contributed by atoms with Gasteiger partial charge in [-0.1, -0.05) is 0 Å². The monoisotopic (exact) mass is 246 g/mol. The Morgan fingerprint density at radius 2 is 1.14 bits per heavy atom. The number of nitrogens with one attached hydrogen (secondary N) is 2. The fourth-order valence-electron chi connectivity index (χ4n) is 1.17. The van der Waals surface area contributed by atoms with Gasteiger partial charge in [-0.25, -0.2) is 0 Å². The Labute approximate surface area is 81.2 Å². The molecule has 1 rings (SSSR count). The lowest BCUT2D eigenvalue weighted by molar-refractivity contribution is 0.372. The second kappa shape index (κ2) is 3.72. The molecule has 4 N–H and O–H groups in total. The molecule has 0 aromatic carbocycles. The minimum atomic E-state index is -4.57. The molecule has 84 valence electrons.